The maximum Gasteiger partial charge on any atom is 0.379 e. The van der Waals surface area contributed by atoms with E-state index in [1.54, 1.807) is 24.3 Å². The Bertz CT molecular complexity index is 1160. The van der Waals surface area contributed by atoms with E-state index >= 15 is 0 Å². The third-order valence-corrected chi connectivity index (χ3v) is 4.00. The molecular weight excluding hydrogens is 330 g/mol. The molecule has 0 aliphatic carbocycles. The van der Waals surface area contributed by atoms with Crippen LogP contribution in [0.3, 0.4) is 0 Å². The minimum atomic E-state index is -0.609. The van der Waals surface area contributed by atoms with E-state index in [4.69, 9.17) is 9.15 Å². The molecule has 0 radical (unpaired) electrons. The van der Waals surface area contributed by atoms with E-state index in [0.29, 0.717) is 11.3 Å². The first-order valence-electron chi connectivity index (χ1n) is 8.13. The highest BCUT2D eigenvalue weighted by Crippen LogP contribution is 2.19. The quantitative estimate of drug-likeness (QED) is 0.568. The van der Waals surface area contributed by atoms with Gasteiger partial charge in [-0.1, -0.05) is 48.5 Å². The maximum atomic E-state index is 12.1. The first-order chi connectivity index (χ1) is 12.7. The second-order valence-electron chi connectivity index (χ2n) is 5.83. The molecule has 3 aromatic carbocycles. The van der Waals surface area contributed by atoms with Gasteiger partial charge in [0, 0.05) is 11.1 Å². The predicted molar refractivity (Wildman–Crippen MR) is 101 cm³/mol. The number of hydrogen-bond acceptors (Lipinski definition) is 4. The molecule has 4 rings (SSSR count). The largest absolute Gasteiger partial charge is 0.476 e. The van der Waals surface area contributed by atoms with Crippen LogP contribution in [0.15, 0.2) is 82.0 Å². The monoisotopic (exact) mass is 345 g/mol. The van der Waals surface area contributed by atoms with Gasteiger partial charge in [-0.05, 0) is 35.0 Å². The number of rotatable bonds is 4. The molecule has 1 N–H and O–H groups in total. The summed E-state index contributed by atoms with van der Waals surface area (Å²) in [6.45, 7) is -0.282. The normalized spacial score (nSPS) is 10.8. The molecule has 5 heteroatoms. The van der Waals surface area contributed by atoms with Gasteiger partial charge in [-0.3, -0.25) is 4.79 Å². The van der Waals surface area contributed by atoms with Crippen molar-refractivity contribution < 1.29 is 13.9 Å². The summed E-state index contributed by atoms with van der Waals surface area (Å²) in [4.78, 5) is 24.1. The molecule has 5 nitrogen and oxygen atoms in total. The zero-order valence-electron chi connectivity index (χ0n) is 13.8. The lowest BCUT2D eigenvalue weighted by molar-refractivity contribution is -0.118. The number of nitrogens with one attached hydrogen (secondary N) is 1. The second kappa shape index (κ2) is 6.72. The zero-order valence-corrected chi connectivity index (χ0v) is 13.8. The lowest BCUT2D eigenvalue weighted by Crippen LogP contribution is -2.22. The van der Waals surface area contributed by atoms with Crippen LogP contribution in [-0.4, -0.2) is 12.5 Å². The fourth-order valence-corrected chi connectivity index (χ4v) is 2.75. The second-order valence-corrected chi connectivity index (χ2v) is 5.83. The molecule has 0 saturated heterocycles. The fraction of sp³-hybridized carbons (Fsp3) is 0.0476. The SMILES string of the molecule is O=C(COc1cc2ccccc2oc1=O)Nc1ccc2ccccc2c1. The third kappa shape index (κ3) is 3.28. The average Bonchev–Trinajstić information content (AvgIpc) is 2.66. The molecule has 1 heterocycles. The molecule has 0 unspecified atom stereocenters. The third-order valence-electron chi connectivity index (χ3n) is 4.00. The van der Waals surface area contributed by atoms with Gasteiger partial charge in [0.1, 0.15) is 5.58 Å². The van der Waals surface area contributed by atoms with Crippen molar-refractivity contribution in [2.75, 3.05) is 11.9 Å². The van der Waals surface area contributed by atoms with Crippen molar-refractivity contribution in [1.29, 1.82) is 0 Å². The maximum absolute atomic E-state index is 12.1. The number of amides is 1. The fourth-order valence-electron chi connectivity index (χ4n) is 2.75. The highest BCUT2D eigenvalue weighted by Gasteiger charge is 2.09. The minimum Gasteiger partial charge on any atom is -0.476 e. The molecule has 1 aromatic heterocycles. The van der Waals surface area contributed by atoms with Crippen LogP contribution in [-0.2, 0) is 4.79 Å². The van der Waals surface area contributed by atoms with Gasteiger partial charge in [-0.25, -0.2) is 4.79 Å². The van der Waals surface area contributed by atoms with E-state index in [-0.39, 0.29) is 18.3 Å². The molecule has 0 fully saturated rings. The predicted octanol–water partition coefficient (Wildman–Crippen LogP) is 3.96. The summed E-state index contributed by atoms with van der Waals surface area (Å²) in [6.07, 6.45) is 0. The number of benzene rings is 3. The Morgan fingerprint density at radius 2 is 1.62 bits per heavy atom. The molecular formula is C21H15NO4. The Morgan fingerprint density at radius 3 is 2.46 bits per heavy atom. The van der Waals surface area contributed by atoms with Gasteiger partial charge >= 0.3 is 5.63 Å². The molecule has 26 heavy (non-hydrogen) atoms. The lowest BCUT2D eigenvalue weighted by atomic mass is 10.1. The van der Waals surface area contributed by atoms with E-state index in [2.05, 4.69) is 5.32 Å². The number of hydrogen-bond donors (Lipinski definition) is 1. The van der Waals surface area contributed by atoms with Gasteiger partial charge in [-0.2, -0.15) is 0 Å². The first-order valence-corrected chi connectivity index (χ1v) is 8.13. The van der Waals surface area contributed by atoms with Crippen molar-refractivity contribution >= 4 is 33.3 Å². The molecule has 0 bridgehead atoms. The highest BCUT2D eigenvalue weighted by molar-refractivity contribution is 5.95. The van der Waals surface area contributed by atoms with Crippen molar-refractivity contribution in [1.82, 2.24) is 0 Å². The summed E-state index contributed by atoms with van der Waals surface area (Å²) in [7, 11) is 0. The molecule has 1 amide bonds. The van der Waals surface area contributed by atoms with Crippen LogP contribution in [0, 0.1) is 0 Å². The molecule has 0 saturated carbocycles. The van der Waals surface area contributed by atoms with Gasteiger partial charge in [0.15, 0.2) is 6.61 Å². The van der Waals surface area contributed by atoms with Crippen LogP contribution < -0.4 is 15.7 Å². The summed E-state index contributed by atoms with van der Waals surface area (Å²) in [5, 5.41) is 5.62. The van der Waals surface area contributed by atoms with E-state index in [1.807, 2.05) is 48.5 Å². The van der Waals surface area contributed by atoms with E-state index in [9.17, 15) is 9.59 Å². The van der Waals surface area contributed by atoms with Crippen LogP contribution >= 0.6 is 0 Å². The van der Waals surface area contributed by atoms with Crippen molar-refractivity contribution in [3.05, 3.63) is 83.2 Å². The van der Waals surface area contributed by atoms with Crippen LogP contribution in [0.2, 0.25) is 0 Å². The van der Waals surface area contributed by atoms with Gasteiger partial charge in [-0.15, -0.1) is 0 Å². The molecule has 4 aromatic rings. The summed E-state index contributed by atoms with van der Waals surface area (Å²) in [6, 6.07) is 22.2. The zero-order chi connectivity index (χ0) is 17.9. The number of carbonyl (C=O) groups is 1. The van der Waals surface area contributed by atoms with Crippen molar-refractivity contribution in [2.24, 2.45) is 0 Å². The minimum absolute atomic E-state index is 0.0114. The summed E-state index contributed by atoms with van der Waals surface area (Å²) in [5.74, 6) is -0.342. The van der Waals surface area contributed by atoms with E-state index in [1.165, 1.54) is 0 Å². The smallest absolute Gasteiger partial charge is 0.379 e. The van der Waals surface area contributed by atoms with E-state index < -0.39 is 5.63 Å². The Labute approximate surface area is 148 Å². The van der Waals surface area contributed by atoms with E-state index in [0.717, 1.165) is 16.2 Å². The van der Waals surface area contributed by atoms with Crippen LogP contribution in [0.1, 0.15) is 0 Å². The van der Waals surface area contributed by atoms with Crippen molar-refractivity contribution in [2.45, 2.75) is 0 Å². The number of para-hydroxylation sites is 1. The Kier molecular flexibility index (Phi) is 4.11. The molecule has 0 aliphatic heterocycles. The lowest BCUT2D eigenvalue weighted by Gasteiger charge is -2.08. The van der Waals surface area contributed by atoms with Gasteiger partial charge in [0.2, 0.25) is 5.75 Å². The van der Waals surface area contributed by atoms with Gasteiger partial charge in [0.05, 0.1) is 0 Å². The number of ether oxygens (including phenoxy) is 1. The molecule has 0 aliphatic rings. The Balaban J connectivity index is 1.46. The summed E-state index contributed by atoms with van der Waals surface area (Å²) < 4.78 is 10.5. The first kappa shape index (κ1) is 15.9. The number of fused-ring (bicyclic) bond motifs is 2. The Morgan fingerprint density at radius 1 is 0.885 bits per heavy atom. The number of anilines is 1. The standard InChI is InChI=1S/C21H15NO4/c23-20(22-17-10-9-14-5-1-2-6-15(14)11-17)13-25-19-12-16-7-3-4-8-18(16)26-21(19)24/h1-12H,13H2,(H,22,23). The summed E-state index contributed by atoms with van der Waals surface area (Å²) in [5.41, 5.74) is 0.538. The molecule has 0 atom stereocenters. The Hall–Kier alpha value is -3.60. The highest BCUT2D eigenvalue weighted by atomic mass is 16.5. The summed E-state index contributed by atoms with van der Waals surface area (Å²) >= 11 is 0. The van der Waals surface area contributed by atoms with Gasteiger partial charge in [0.25, 0.3) is 5.91 Å². The van der Waals surface area contributed by atoms with Crippen LogP contribution in [0.4, 0.5) is 5.69 Å². The van der Waals surface area contributed by atoms with Crippen LogP contribution in [0.5, 0.6) is 5.75 Å². The molecule has 0 spiro atoms. The molecule has 128 valence electrons. The average molecular weight is 345 g/mol. The number of carbonyl (C=O) groups excluding carboxylic acids is 1. The van der Waals surface area contributed by atoms with Crippen molar-refractivity contribution in [3.8, 4) is 5.75 Å². The van der Waals surface area contributed by atoms with Crippen molar-refractivity contribution in [3.63, 3.8) is 0 Å². The van der Waals surface area contributed by atoms with Gasteiger partial charge < -0.3 is 14.5 Å². The topological polar surface area (TPSA) is 68.5 Å². The van der Waals surface area contributed by atoms with Crippen LogP contribution in [0.25, 0.3) is 21.7 Å².